The first-order chi connectivity index (χ1) is 14.3. The maximum absolute atomic E-state index is 11.9. The molecular weight excluding hydrogens is 404 g/mol. The molecule has 8 nitrogen and oxygen atoms in total. The first-order valence-electron chi connectivity index (χ1n) is 10.3. The Kier molecular flexibility index (Phi) is 4.64. The van der Waals surface area contributed by atoms with Gasteiger partial charge < -0.3 is 14.4 Å². The third kappa shape index (κ3) is 3.30. The van der Waals surface area contributed by atoms with Crippen LogP contribution in [0.5, 0.6) is 0 Å². The van der Waals surface area contributed by atoms with Crippen molar-refractivity contribution >= 4 is 27.5 Å². The number of fused-ring (bicyclic) bond motifs is 1. The topological polar surface area (TPSA) is 113 Å². The molecule has 0 aliphatic carbocycles. The lowest BCUT2D eigenvalue weighted by atomic mass is 10.0. The van der Waals surface area contributed by atoms with Crippen molar-refractivity contribution in [1.29, 1.82) is 0 Å². The van der Waals surface area contributed by atoms with Gasteiger partial charge in [0.2, 0.25) is 5.91 Å². The lowest BCUT2D eigenvalue weighted by molar-refractivity contribution is -0.119. The molecule has 160 valence electrons. The standard InChI is InChI=1S/C21H26N4O4S/c1-12-20(13(2)29-24-12)14-3-5-18-17(11-14)23-21(16-4-6-19(26)22-16)25(18)15-7-9-30(27,28)10-8-15/h3,5,11,15-16,27-28H,4,6-10H2,1-2H3,(H,22,26)/t16-/m0/s1. The first-order valence-corrected chi connectivity index (χ1v) is 12.2. The summed E-state index contributed by atoms with van der Waals surface area (Å²) >= 11 is 0. The summed E-state index contributed by atoms with van der Waals surface area (Å²) in [5, 5.41) is 7.11. The third-order valence-corrected chi connectivity index (χ3v) is 8.05. The van der Waals surface area contributed by atoms with E-state index in [1.807, 2.05) is 13.8 Å². The fraction of sp³-hybridized carbons (Fsp3) is 0.476. The minimum Gasteiger partial charge on any atom is -0.361 e. The van der Waals surface area contributed by atoms with E-state index in [0.29, 0.717) is 30.8 Å². The Morgan fingerprint density at radius 3 is 2.60 bits per heavy atom. The van der Waals surface area contributed by atoms with Crippen molar-refractivity contribution in [1.82, 2.24) is 20.0 Å². The van der Waals surface area contributed by atoms with Gasteiger partial charge in [-0.3, -0.25) is 13.9 Å². The number of carbonyl (C=O) groups is 1. The zero-order valence-electron chi connectivity index (χ0n) is 17.1. The van der Waals surface area contributed by atoms with Crippen LogP contribution in [0.4, 0.5) is 0 Å². The normalized spacial score (nSPS) is 23.1. The largest absolute Gasteiger partial charge is 0.361 e. The van der Waals surface area contributed by atoms with E-state index in [-0.39, 0.29) is 18.0 Å². The van der Waals surface area contributed by atoms with E-state index in [9.17, 15) is 13.9 Å². The van der Waals surface area contributed by atoms with Gasteiger partial charge in [0, 0.05) is 29.5 Å². The maximum Gasteiger partial charge on any atom is 0.220 e. The van der Waals surface area contributed by atoms with Gasteiger partial charge in [-0.1, -0.05) is 11.2 Å². The number of aromatic nitrogens is 3. The monoisotopic (exact) mass is 430 g/mol. The van der Waals surface area contributed by atoms with E-state index in [4.69, 9.17) is 9.51 Å². The summed E-state index contributed by atoms with van der Waals surface area (Å²) in [6.07, 6.45) is 2.60. The Balaban J connectivity index is 1.62. The lowest BCUT2D eigenvalue weighted by Gasteiger charge is -2.40. The number of benzene rings is 1. The third-order valence-electron chi connectivity index (χ3n) is 6.27. The van der Waals surface area contributed by atoms with Gasteiger partial charge in [0.15, 0.2) is 0 Å². The molecule has 5 rings (SSSR count). The van der Waals surface area contributed by atoms with Crippen LogP contribution >= 0.6 is 10.6 Å². The highest BCUT2D eigenvalue weighted by Crippen LogP contribution is 2.48. The average Bonchev–Trinajstić information content (AvgIpc) is 3.38. The van der Waals surface area contributed by atoms with Crippen LogP contribution in [0.15, 0.2) is 22.7 Å². The van der Waals surface area contributed by atoms with Crippen LogP contribution in [0.3, 0.4) is 0 Å². The number of carbonyl (C=O) groups excluding carboxylic acids is 1. The lowest BCUT2D eigenvalue weighted by Crippen LogP contribution is -2.27. The van der Waals surface area contributed by atoms with Crippen molar-refractivity contribution in [3.63, 3.8) is 0 Å². The fourth-order valence-corrected chi connectivity index (χ4v) is 6.26. The van der Waals surface area contributed by atoms with E-state index < -0.39 is 10.6 Å². The van der Waals surface area contributed by atoms with Gasteiger partial charge in [-0.15, -0.1) is 0 Å². The maximum atomic E-state index is 11.9. The van der Waals surface area contributed by atoms with Crippen molar-refractivity contribution in [3.8, 4) is 11.1 Å². The Labute approximate surface area is 176 Å². The van der Waals surface area contributed by atoms with E-state index >= 15 is 0 Å². The molecule has 30 heavy (non-hydrogen) atoms. The van der Waals surface area contributed by atoms with Crippen LogP contribution in [0.2, 0.25) is 0 Å². The van der Waals surface area contributed by atoms with Gasteiger partial charge in [-0.2, -0.15) is 10.6 Å². The molecule has 2 aromatic heterocycles. The molecule has 0 saturated carbocycles. The molecular formula is C21H26N4O4S. The molecule has 1 amide bonds. The summed E-state index contributed by atoms with van der Waals surface area (Å²) in [6, 6.07) is 6.19. The second-order valence-corrected chi connectivity index (χ2v) is 10.8. The Morgan fingerprint density at radius 2 is 1.97 bits per heavy atom. The second-order valence-electron chi connectivity index (χ2n) is 8.34. The predicted octanol–water partition coefficient (Wildman–Crippen LogP) is 4.34. The molecule has 3 N–H and O–H groups in total. The zero-order chi connectivity index (χ0) is 21.0. The van der Waals surface area contributed by atoms with Gasteiger partial charge in [0.25, 0.3) is 0 Å². The highest BCUT2D eigenvalue weighted by molar-refractivity contribution is 8.24. The predicted molar refractivity (Wildman–Crippen MR) is 116 cm³/mol. The van der Waals surface area contributed by atoms with E-state index in [1.54, 1.807) is 0 Å². The smallest absolute Gasteiger partial charge is 0.220 e. The fourth-order valence-electron chi connectivity index (χ4n) is 4.76. The SMILES string of the molecule is Cc1noc(C)c1-c1ccc2c(c1)nc([C@@H]1CCC(=O)N1)n2C1CCS(O)(O)CC1. The number of nitrogens with zero attached hydrogens (tertiary/aromatic N) is 3. The van der Waals surface area contributed by atoms with Crippen molar-refractivity contribution in [3.05, 3.63) is 35.5 Å². The molecule has 3 aromatic rings. The van der Waals surface area contributed by atoms with Crippen LogP contribution in [-0.2, 0) is 4.79 Å². The van der Waals surface area contributed by atoms with Gasteiger partial charge in [0.05, 0.1) is 22.8 Å². The molecule has 1 aromatic carbocycles. The molecule has 0 bridgehead atoms. The average molecular weight is 431 g/mol. The zero-order valence-corrected chi connectivity index (χ0v) is 17.9. The van der Waals surface area contributed by atoms with Crippen molar-refractivity contribution in [2.45, 2.75) is 51.6 Å². The van der Waals surface area contributed by atoms with E-state index in [1.165, 1.54) is 0 Å². The number of hydrogen-bond acceptors (Lipinski definition) is 6. The molecule has 2 saturated heterocycles. The molecule has 2 aliphatic heterocycles. The number of rotatable bonds is 3. The molecule has 0 unspecified atom stereocenters. The van der Waals surface area contributed by atoms with Crippen LogP contribution < -0.4 is 5.32 Å². The molecule has 0 radical (unpaired) electrons. The number of aryl methyl sites for hydroxylation is 2. The van der Waals surface area contributed by atoms with Crippen molar-refractivity contribution < 1.29 is 18.4 Å². The minimum absolute atomic E-state index is 0.0489. The van der Waals surface area contributed by atoms with Crippen LogP contribution in [0.25, 0.3) is 22.2 Å². The Hall–Kier alpha value is -2.36. The quantitative estimate of drug-likeness (QED) is 0.569. The van der Waals surface area contributed by atoms with Crippen LogP contribution in [0.1, 0.15) is 55.0 Å². The number of nitrogens with one attached hydrogen (secondary N) is 1. The summed E-state index contributed by atoms with van der Waals surface area (Å²) in [5.74, 6) is 2.49. The summed E-state index contributed by atoms with van der Waals surface area (Å²) in [7, 11) is -2.47. The first kappa shape index (κ1) is 19.6. The minimum atomic E-state index is -2.47. The van der Waals surface area contributed by atoms with Gasteiger partial charge >= 0.3 is 0 Å². The molecule has 0 spiro atoms. The van der Waals surface area contributed by atoms with E-state index in [2.05, 4.69) is 33.2 Å². The second kappa shape index (κ2) is 7.11. The number of amides is 1. The Morgan fingerprint density at radius 1 is 1.20 bits per heavy atom. The van der Waals surface area contributed by atoms with Crippen LogP contribution in [0, 0.1) is 13.8 Å². The van der Waals surface area contributed by atoms with Crippen molar-refractivity contribution in [2.75, 3.05) is 11.5 Å². The van der Waals surface area contributed by atoms with E-state index in [0.717, 1.165) is 45.9 Å². The summed E-state index contributed by atoms with van der Waals surface area (Å²) in [5.41, 5.74) is 4.69. The summed E-state index contributed by atoms with van der Waals surface area (Å²) in [4.78, 5) is 16.8. The van der Waals surface area contributed by atoms with Gasteiger partial charge in [-0.25, -0.2) is 4.98 Å². The Bertz CT molecular complexity index is 1110. The molecule has 2 fully saturated rings. The van der Waals surface area contributed by atoms with Gasteiger partial charge in [0.1, 0.15) is 11.6 Å². The highest BCUT2D eigenvalue weighted by Gasteiger charge is 2.33. The number of hydrogen-bond donors (Lipinski definition) is 3. The number of imidazole rings is 1. The summed E-state index contributed by atoms with van der Waals surface area (Å²) in [6.45, 7) is 3.83. The van der Waals surface area contributed by atoms with Crippen LogP contribution in [-0.4, -0.2) is 41.2 Å². The summed E-state index contributed by atoms with van der Waals surface area (Å²) < 4.78 is 27.7. The van der Waals surface area contributed by atoms with Crippen molar-refractivity contribution in [2.24, 2.45) is 0 Å². The molecule has 2 aliphatic rings. The van der Waals surface area contributed by atoms with Gasteiger partial charge in [-0.05, 0) is 50.8 Å². The highest BCUT2D eigenvalue weighted by atomic mass is 32.3. The molecule has 9 heteroatoms. The molecule has 1 atom stereocenters. The molecule has 4 heterocycles.